The fourth-order valence-corrected chi connectivity index (χ4v) is 3.40. The number of benzene rings is 1. The van der Waals surface area contributed by atoms with Gasteiger partial charge in [0, 0.05) is 24.2 Å². The van der Waals surface area contributed by atoms with Crippen molar-refractivity contribution in [2.24, 2.45) is 0 Å². The van der Waals surface area contributed by atoms with E-state index in [1.54, 1.807) is 0 Å². The van der Waals surface area contributed by atoms with Gasteiger partial charge in [-0.3, -0.25) is 0 Å². The van der Waals surface area contributed by atoms with E-state index >= 15 is 0 Å². The number of carbonyl (C=O) groups is 2. The highest BCUT2D eigenvalue weighted by Crippen LogP contribution is 2.35. The molecule has 2 atom stereocenters. The third kappa shape index (κ3) is 5.60. The molecule has 1 aromatic rings. The van der Waals surface area contributed by atoms with Crippen molar-refractivity contribution >= 4 is 11.9 Å². The van der Waals surface area contributed by atoms with Crippen molar-refractivity contribution in [3.8, 4) is 11.8 Å². The third-order valence-electron chi connectivity index (χ3n) is 4.71. The standard InChI is InChI=1S/C15H18N2O.C4H4O4/c1-17-12-4-5-13(17)9-15(8-12)18-14-6-2-11(10-16)3-7-14;5-3(6)1-2-4(7)8/h2-3,6-7,12-13,15H,4-5,8-9H2,1H3;1-2H,(H,5,6)(H,7,8)/b;2-1+. The Hall–Kier alpha value is -2.85. The molecule has 2 unspecified atom stereocenters. The minimum Gasteiger partial charge on any atom is -0.490 e. The first-order valence-corrected chi connectivity index (χ1v) is 8.41. The average Bonchev–Trinajstić information content (AvgIpc) is 2.83. The van der Waals surface area contributed by atoms with Crippen LogP contribution in [-0.4, -0.2) is 52.3 Å². The Kier molecular flexibility index (Phi) is 6.75. The molecule has 0 saturated carbocycles. The van der Waals surface area contributed by atoms with Crippen LogP contribution in [0, 0.1) is 11.3 Å². The van der Waals surface area contributed by atoms with Crippen LogP contribution >= 0.6 is 0 Å². The molecule has 0 amide bonds. The van der Waals surface area contributed by atoms with Gasteiger partial charge in [0.05, 0.1) is 11.6 Å². The van der Waals surface area contributed by atoms with Gasteiger partial charge < -0.3 is 19.8 Å². The van der Waals surface area contributed by atoms with Crippen LogP contribution in [0.4, 0.5) is 0 Å². The molecular formula is C19H22N2O5. The fourth-order valence-electron chi connectivity index (χ4n) is 3.40. The van der Waals surface area contributed by atoms with Gasteiger partial charge in [-0.1, -0.05) is 0 Å². The molecule has 0 aromatic heterocycles. The first-order valence-electron chi connectivity index (χ1n) is 8.41. The molecule has 0 spiro atoms. The maximum Gasteiger partial charge on any atom is 0.328 e. The van der Waals surface area contributed by atoms with Crippen molar-refractivity contribution in [2.45, 2.75) is 43.9 Å². The molecule has 26 heavy (non-hydrogen) atoms. The minimum absolute atomic E-state index is 0.339. The maximum atomic E-state index is 9.55. The summed E-state index contributed by atoms with van der Waals surface area (Å²) in [6, 6.07) is 11.0. The number of ether oxygens (including phenoxy) is 1. The summed E-state index contributed by atoms with van der Waals surface area (Å²) in [4.78, 5) is 21.6. The average molecular weight is 358 g/mol. The molecule has 2 aliphatic rings. The van der Waals surface area contributed by atoms with Gasteiger partial charge in [-0.05, 0) is 57.0 Å². The van der Waals surface area contributed by atoms with Gasteiger partial charge in [0.2, 0.25) is 0 Å². The predicted molar refractivity (Wildman–Crippen MR) is 93.8 cm³/mol. The monoisotopic (exact) mass is 358 g/mol. The molecule has 7 nitrogen and oxygen atoms in total. The van der Waals surface area contributed by atoms with Crippen LogP contribution in [0.1, 0.15) is 31.2 Å². The molecule has 7 heteroatoms. The summed E-state index contributed by atoms with van der Waals surface area (Å²) in [7, 11) is 2.24. The lowest BCUT2D eigenvalue weighted by Crippen LogP contribution is -2.43. The van der Waals surface area contributed by atoms with Crippen molar-refractivity contribution in [3.63, 3.8) is 0 Å². The zero-order valence-corrected chi connectivity index (χ0v) is 14.5. The Labute approximate surface area is 152 Å². The number of carboxylic acid groups (broad SMARTS) is 2. The molecule has 2 N–H and O–H groups in total. The van der Waals surface area contributed by atoms with Gasteiger partial charge in [0.1, 0.15) is 11.9 Å². The number of piperidine rings is 1. The highest BCUT2D eigenvalue weighted by molar-refractivity contribution is 5.89. The van der Waals surface area contributed by atoms with Gasteiger partial charge in [-0.25, -0.2) is 9.59 Å². The van der Waals surface area contributed by atoms with E-state index in [-0.39, 0.29) is 0 Å². The second-order valence-corrected chi connectivity index (χ2v) is 6.41. The van der Waals surface area contributed by atoms with Crippen LogP contribution in [0.3, 0.4) is 0 Å². The van der Waals surface area contributed by atoms with E-state index in [4.69, 9.17) is 20.2 Å². The Morgan fingerprint density at radius 3 is 2.04 bits per heavy atom. The SMILES string of the molecule is CN1C2CCC1CC(Oc1ccc(C#N)cc1)C2.O=C(O)/C=C/C(=O)O. The van der Waals surface area contributed by atoms with Crippen LogP contribution in [0.5, 0.6) is 5.75 Å². The summed E-state index contributed by atoms with van der Waals surface area (Å²) >= 11 is 0. The largest absolute Gasteiger partial charge is 0.490 e. The van der Waals surface area contributed by atoms with Crippen LogP contribution < -0.4 is 4.74 Å². The fraction of sp³-hybridized carbons (Fsp3) is 0.421. The van der Waals surface area contributed by atoms with E-state index in [1.807, 2.05) is 24.3 Å². The first-order chi connectivity index (χ1) is 12.4. The molecule has 2 heterocycles. The zero-order chi connectivity index (χ0) is 19.1. The van der Waals surface area contributed by atoms with E-state index in [9.17, 15) is 9.59 Å². The number of nitrogens with zero attached hydrogens (tertiary/aromatic N) is 2. The molecule has 2 saturated heterocycles. The smallest absolute Gasteiger partial charge is 0.328 e. The summed E-state index contributed by atoms with van der Waals surface area (Å²) in [6.07, 6.45) is 6.35. The van der Waals surface area contributed by atoms with Gasteiger partial charge in [-0.15, -0.1) is 0 Å². The van der Waals surface area contributed by atoms with Crippen LogP contribution in [0.2, 0.25) is 0 Å². The Morgan fingerprint density at radius 2 is 1.62 bits per heavy atom. The molecule has 3 rings (SSSR count). The van der Waals surface area contributed by atoms with Crippen molar-refractivity contribution < 1.29 is 24.5 Å². The summed E-state index contributed by atoms with van der Waals surface area (Å²) in [5, 5.41) is 24.4. The third-order valence-corrected chi connectivity index (χ3v) is 4.71. The lowest BCUT2D eigenvalue weighted by molar-refractivity contribution is -0.134. The van der Waals surface area contributed by atoms with Crippen LogP contribution in [0.15, 0.2) is 36.4 Å². The van der Waals surface area contributed by atoms with Crippen molar-refractivity contribution in [2.75, 3.05) is 7.05 Å². The quantitative estimate of drug-likeness (QED) is 0.794. The van der Waals surface area contributed by atoms with E-state index in [2.05, 4.69) is 18.0 Å². The van der Waals surface area contributed by atoms with Crippen molar-refractivity contribution in [1.82, 2.24) is 4.90 Å². The van der Waals surface area contributed by atoms with Gasteiger partial charge >= 0.3 is 11.9 Å². The summed E-state index contributed by atoms with van der Waals surface area (Å²) in [5.41, 5.74) is 0.686. The lowest BCUT2D eigenvalue weighted by atomic mass is 10.0. The Balaban J connectivity index is 0.000000260. The molecule has 2 bridgehead atoms. The van der Waals surface area contributed by atoms with Crippen LogP contribution in [0.25, 0.3) is 0 Å². The molecule has 1 aromatic carbocycles. The number of hydrogen-bond acceptors (Lipinski definition) is 5. The predicted octanol–water partition coefficient (Wildman–Crippen LogP) is 2.27. The van der Waals surface area contributed by atoms with Crippen molar-refractivity contribution in [1.29, 1.82) is 5.26 Å². The number of aliphatic carboxylic acids is 2. The Bertz CT molecular complexity index is 678. The van der Waals surface area contributed by atoms with E-state index in [1.165, 1.54) is 12.8 Å². The summed E-state index contributed by atoms with van der Waals surface area (Å²) in [5.74, 6) is -1.62. The number of nitriles is 1. The van der Waals surface area contributed by atoms with E-state index < -0.39 is 11.9 Å². The molecule has 0 radical (unpaired) electrons. The zero-order valence-electron chi connectivity index (χ0n) is 14.5. The number of hydrogen-bond donors (Lipinski definition) is 2. The second-order valence-electron chi connectivity index (χ2n) is 6.41. The lowest BCUT2D eigenvalue weighted by Gasteiger charge is -2.36. The molecule has 0 aliphatic carbocycles. The Morgan fingerprint density at radius 1 is 1.12 bits per heavy atom. The van der Waals surface area contributed by atoms with E-state index in [0.29, 0.717) is 35.9 Å². The normalized spacial score (nSPS) is 24.4. The molecule has 2 aliphatic heterocycles. The number of carboxylic acids is 2. The first kappa shape index (κ1) is 19.5. The van der Waals surface area contributed by atoms with Crippen LogP contribution in [-0.2, 0) is 9.59 Å². The molecular weight excluding hydrogens is 336 g/mol. The highest BCUT2D eigenvalue weighted by atomic mass is 16.5. The number of rotatable bonds is 4. The molecule has 2 fully saturated rings. The van der Waals surface area contributed by atoms with Gasteiger partial charge in [0.15, 0.2) is 0 Å². The topological polar surface area (TPSA) is 111 Å². The second kappa shape index (κ2) is 9.02. The van der Waals surface area contributed by atoms with Crippen molar-refractivity contribution in [3.05, 3.63) is 42.0 Å². The number of fused-ring (bicyclic) bond motifs is 2. The summed E-state index contributed by atoms with van der Waals surface area (Å²) in [6.45, 7) is 0. The minimum atomic E-state index is -1.26. The molecule has 138 valence electrons. The highest BCUT2D eigenvalue weighted by Gasteiger charge is 2.39. The van der Waals surface area contributed by atoms with Gasteiger partial charge in [-0.2, -0.15) is 5.26 Å². The van der Waals surface area contributed by atoms with E-state index in [0.717, 1.165) is 18.6 Å². The maximum absolute atomic E-state index is 9.55. The summed E-state index contributed by atoms with van der Waals surface area (Å²) < 4.78 is 6.05. The van der Waals surface area contributed by atoms with Gasteiger partial charge in [0.25, 0.3) is 0 Å².